The molecule has 0 heterocycles. The van der Waals surface area contributed by atoms with E-state index in [1.54, 1.807) is 38.1 Å². The molecule has 2 N–H and O–H groups in total. The number of esters is 1. The van der Waals surface area contributed by atoms with Crippen LogP contribution in [-0.4, -0.2) is 32.9 Å². The second kappa shape index (κ2) is 9.75. The number of ether oxygens (including phenoxy) is 1. The zero-order valence-electron chi connectivity index (χ0n) is 17.9. The van der Waals surface area contributed by atoms with Crippen LogP contribution >= 0.6 is 0 Å². The Bertz CT molecular complexity index is 1030. The van der Waals surface area contributed by atoms with Gasteiger partial charge >= 0.3 is 5.97 Å². The maximum atomic E-state index is 12.9. The highest BCUT2D eigenvalue weighted by Gasteiger charge is 2.24. The fourth-order valence-electron chi connectivity index (χ4n) is 2.67. The zero-order valence-corrected chi connectivity index (χ0v) is 18.7. The number of aryl methyl sites for hydroxylation is 2. The van der Waals surface area contributed by atoms with E-state index in [1.165, 1.54) is 19.1 Å². The molecule has 162 valence electrons. The minimum Gasteiger partial charge on any atom is -0.449 e. The quantitative estimate of drug-likeness (QED) is 0.623. The van der Waals surface area contributed by atoms with E-state index in [0.29, 0.717) is 12.1 Å². The molecule has 0 fully saturated rings. The summed E-state index contributed by atoms with van der Waals surface area (Å²) in [5.74, 6) is -0.941. The van der Waals surface area contributed by atoms with Crippen LogP contribution < -0.4 is 10.0 Å². The Labute approximate surface area is 177 Å². The molecular weight excluding hydrogens is 404 g/mol. The number of carbonyl (C=O) groups is 2. The first-order valence-electron chi connectivity index (χ1n) is 9.69. The molecule has 1 unspecified atom stereocenters. The summed E-state index contributed by atoms with van der Waals surface area (Å²) in [7, 11) is -3.92. The van der Waals surface area contributed by atoms with Gasteiger partial charge in [0.1, 0.15) is 0 Å². The largest absolute Gasteiger partial charge is 0.449 e. The number of nitrogens with one attached hydrogen (secondary N) is 2. The molecule has 0 saturated heterocycles. The summed E-state index contributed by atoms with van der Waals surface area (Å²) in [5, 5.41) is 2.70. The third-order valence-corrected chi connectivity index (χ3v) is 5.87. The molecule has 0 aliphatic heterocycles. The highest BCUT2D eigenvalue weighted by atomic mass is 32.2. The summed E-state index contributed by atoms with van der Waals surface area (Å²) < 4.78 is 33.5. The lowest BCUT2D eigenvalue weighted by Gasteiger charge is -2.17. The summed E-state index contributed by atoms with van der Waals surface area (Å²) in [5.41, 5.74) is 1.49. The van der Waals surface area contributed by atoms with E-state index >= 15 is 0 Å². The number of para-hydroxylation sites is 1. The van der Waals surface area contributed by atoms with Gasteiger partial charge in [-0.25, -0.2) is 13.2 Å². The Hall–Kier alpha value is -2.87. The topological polar surface area (TPSA) is 102 Å². The van der Waals surface area contributed by atoms with Crippen molar-refractivity contribution in [1.29, 1.82) is 0 Å². The SMILES string of the molecule is Cc1ccc(C)c(S(=O)(=O)Nc2ccccc2C(=O)OC(C)C(=O)NCC(C)C)c1. The average molecular weight is 433 g/mol. The van der Waals surface area contributed by atoms with Gasteiger partial charge in [-0.15, -0.1) is 0 Å². The minimum atomic E-state index is -3.92. The van der Waals surface area contributed by atoms with Crippen molar-refractivity contribution in [2.24, 2.45) is 5.92 Å². The number of rotatable bonds is 8. The fraction of sp³-hybridized carbons (Fsp3) is 0.364. The Balaban J connectivity index is 2.22. The molecule has 1 amide bonds. The van der Waals surface area contributed by atoms with Crippen LogP contribution in [0.3, 0.4) is 0 Å². The zero-order chi connectivity index (χ0) is 22.5. The molecule has 0 saturated carbocycles. The van der Waals surface area contributed by atoms with Crippen LogP contribution in [0.5, 0.6) is 0 Å². The Morgan fingerprint density at radius 1 is 1.03 bits per heavy atom. The van der Waals surface area contributed by atoms with Crippen molar-refractivity contribution in [3.63, 3.8) is 0 Å². The molecular formula is C22H28N2O5S. The van der Waals surface area contributed by atoms with E-state index in [1.807, 2.05) is 19.9 Å². The maximum Gasteiger partial charge on any atom is 0.341 e. The third-order valence-electron chi connectivity index (χ3n) is 4.36. The second-order valence-corrected chi connectivity index (χ2v) is 9.26. The van der Waals surface area contributed by atoms with Crippen molar-refractivity contribution < 1.29 is 22.7 Å². The van der Waals surface area contributed by atoms with Gasteiger partial charge in [-0.05, 0) is 56.0 Å². The second-order valence-electron chi connectivity index (χ2n) is 7.61. The van der Waals surface area contributed by atoms with Crippen LogP contribution in [0.15, 0.2) is 47.4 Å². The van der Waals surface area contributed by atoms with Gasteiger partial charge in [0.25, 0.3) is 15.9 Å². The van der Waals surface area contributed by atoms with Crippen LogP contribution in [0.4, 0.5) is 5.69 Å². The molecule has 0 bridgehead atoms. The lowest BCUT2D eigenvalue weighted by Crippen LogP contribution is -2.37. The summed E-state index contributed by atoms with van der Waals surface area (Å²) >= 11 is 0. The van der Waals surface area contributed by atoms with E-state index < -0.39 is 28.0 Å². The smallest absolute Gasteiger partial charge is 0.341 e. The number of carbonyl (C=O) groups excluding carboxylic acids is 2. The first-order chi connectivity index (χ1) is 14.0. The predicted molar refractivity (Wildman–Crippen MR) is 116 cm³/mol. The minimum absolute atomic E-state index is 0.0230. The van der Waals surface area contributed by atoms with Gasteiger partial charge in [0.05, 0.1) is 16.1 Å². The van der Waals surface area contributed by atoms with Gasteiger partial charge in [-0.3, -0.25) is 9.52 Å². The first-order valence-corrected chi connectivity index (χ1v) is 11.2. The molecule has 2 aromatic rings. The molecule has 0 radical (unpaired) electrons. The van der Waals surface area contributed by atoms with Gasteiger partial charge in [0.2, 0.25) is 0 Å². The molecule has 0 aliphatic carbocycles. The number of amides is 1. The Morgan fingerprint density at radius 2 is 1.70 bits per heavy atom. The summed E-state index contributed by atoms with van der Waals surface area (Å²) in [6.45, 7) is 9.34. The summed E-state index contributed by atoms with van der Waals surface area (Å²) in [4.78, 5) is 24.8. The van der Waals surface area contributed by atoms with Gasteiger partial charge in [-0.1, -0.05) is 38.1 Å². The molecule has 1 atom stereocenters. The number of hydrogen-bond donors (Lipinski definition) is 2. The van der Waals surface area contributed by atoms with Gasteiger partial charge in [-0.2, -0.15) is 0 Å². The molecule has 8 heteroatoms. The lowest BCUT2D eigenvalue weighted by molar-refractivity contribution is -0.129. The van der Waals surface area contributed by atoms with Crippen LogP contribution in [0.2, 0.25) is 0 Å². The first kappa shape index (κ1) is 23.4. The standard InChI is InChI=1S/C22H28N2O5S/c1-14(2)13-23-21(25)17(5)29-22(26)18-8-6-7-9-19(18)24-30(27,28)20-12-15(3)10-11-16(20)4/h6-12,14,17,24H,13H2,1-5H3,(H,23,25). The Morgan fingerprint density at radius 3 is 2.37 bits per heavy atom. The average Bonchev–Trinajstić information content (AvgIpc) is 2.67. The number of benzene rings is 2. The van der Waals surface area contributed by atoms with Crippen LogP contribution in [0.1, 0.15) is 42.3 Å². The highest BCUT2D eigenvalue weighted by molar-refractivity contribution is 7.92. The normalized spacial score (nSPS) is 12.3. The summed E-state index contributed by atoms with van der Waals surface area (Å²) in [6.07, 6.45) is -1.01. The maximum absolute atomic E-state index is 12.9. The van der Waals surface area contributed by atoms with E-state index in [4.69, 9.17) is 4.74 Å². The van der Waals surface area contributed by atoms with Crippen molar-refractivity contribution in [2.45, 2.75) is 45.6 Å². The molecule has 2 aromatic carbocycles. The van der Waals surface area contributed by atoms with E-state index in [-0.39, 0.29) is 22.1 Å². The Kier molecular flexibility index (Phi) is 7.61. The number of anilines is 1. The van der Waals surface area contributed by atoms with Crippen molar-refractivity contribution >= 4 is 27.6 Å². The summed E-state index contributed by atoms with van der Waals surface area (Å²) in [6, 6.07) is 11.2. The number of sulfonamides is 1. The predicted octanol–water partition coefficient (Wildman–Crippen LogP) is 3.42. The lowest BCUT2D eigenvalue weighted by atomic mass is 10.2. The van der Waals surface area contributed by atoms with Crippen molar-refractivity contribution in [3.05, 3.63) is 59.2 Å². The third kappa shape index (κ3) is 6.06. The van der Waals surface area contributed by atoms with Crippen LogP contribution in [0, 0.1) is 19.8 Å². The van der Waals surface area contributed by atoms with Crippen LogP contribution in [-0.2, 0) is 19.6 Å². The van der Waals surface area contributed by atoms with Crippen molar-refractivity contribution in [1.82, 2.24) is 5.32 Å². The molecule has 30 heavy (non-hydrogen) atoms. The van der Waals surface area contributed by atoms with Gasteiger partial charge in [0.15, 0.2) is 6.10 Å². The molecule has 0 aliphatic rings. The number of hydrogen-bond acceptors (Lipinski definition) is 5. The van der Waals surface area contributed by atoms with E-state index in [0.717, 1.165) is 5.56 Å². The van der Waals surface area contributed by atoms with Crippen molar-refractivity contribution in [3.8, 4) is 0 Å². The fourth-order valence-corrected chi connectivity index (χ4v) is 4.08. The van der Waals surface area contributed by atoms with Crippen molar-refractivity contribution in [2.75, 3.05) is 11.3 Å². The van der Waals surface area contributed by atoms with E-state index in [9.17, 15) is 18.0 Å². The van der Waals surface area contributed by atoms with Gasteiger partial charge < -0.3 is 10.1 Å². The molecule has 2 rings (SSSR count). The van der Waals surface area contributed by atoms with Gasteiger partial charge in [0, 0.05) is 6.54 Å². The molecule has 0 spiro atoms. The molecule has 0 aromatic heterocycles. The van der Waals surface area contributed by atoms with Crippen LogP contribution in [0.25, 0.3) is 0 Å². The van der Waals surface area contributed by atoms with E-state index in [2.05, 4.69) is 10.0 Å². The molecule has 7 nitrogen and oxygen atoms in total. The monoisotopic (exact) mass is 432 g/mol. The highest BCUT2D eigenvalue weighted by Crippen LogP contribution is 2.24.